The molecule has 1 aliphatic rings. The number of aryl methyl sites for hydroxylation is 1. The van der Waals surface area contributed by atoms with Crippen LogP contribution in [0.2, 0.25) is 0 Å². The molecule has 0 radical (unpaired) electrons. The monoisotopic (exact) mass is 375 g/mol. The highest BCUT2D eigenvalue weighted by atomic mass is 16.5. The molecule has 1 heterocycles. The molecule has 3 amide bonds. The van der Waals surface area contributed by atoms with Crippen molar-refractivity contribution in [2.75, 3.05) is 32.8 Å². The van der Waals surface area contributed by atoms with Gasteiger partial charge in [-0.25, -0.2) is 4.79 Å². The fourth-order valence-electron chi connectivity index (χ4n) is 3.33. The Morgan fingerprint density at radius 2 is 1.85 bits per heavy atom. The molecule has 1 aliphatic heterocycles. The number of carbonyl (C=O) groups excluding carboxylic acids is 2. The highest BCUT2D eigenvalue weighted by molar-refractivity contribution is 5.76. The van der Waals surface area contributed by atoms with Crippen molar-refractivity contribution in [3.63, 3.8) is 0 Å². The van der Waals surface area contributed by atoms with Gasteiger partial charge in [0.15, 0.2) is 0 Å². The second-order valence-corrected chi connectivity index (χ2v) is 6.99. The smallest absolute Gasteiger partial charge is 0.317 e. The molecule has 2 rings (SSSR count). The third kappa shape index (κ3) is 6.45. The summed E-state index contributed by atoms with van der Waals surface area (Å²) < 4.78 is 5.76. The molecule has 0 atom stereocenters. The number of nitrogens with zero attached hydrogens (tertiary/aromatic N) is 2. The number of benzene rings is 1. The van der Waals surface area contributed by atoms with Gasteiger partial charge in [-0.1, -0.05) is 18.2 Å². The molecule has 0 unspecified atom stereocenters. The fraction of sp³-hybridized carbons (Fsp3) is 0.619. The summed E-state index contributed by atoms with van der Waals surface area (Å²) in [6.45, 7) is 9.37. The lowest BCUT2D eigenvalue weighted by molar-refractivity contribution is -0.132. The molecule has 0 spiro atoms. The number of hydrogen-bond donors (Lipinski definition) is 1. The summed E-state index contributed by atoms with van der Waals surface area (Å²) in [5.74, 6) is 1.06. The Morgan fingerprint density at radius 3 is 2.48 bits per heavy atom. The van der Waals surface area contributed by atoms with Gasteiger partial charge in [-0.05, 0) is 51.7 Å². The quantitative estimate of drug-likeness (QED) is 0.710. The maximum atomic E-state index is 12.4. The minimum absolute atomic E-state index is 0.00173. The molecule has 1 aromatic rings. The number of urea groups is 1. The van der Waals surface area contributed by atoms with Crippen LogP contribution in [-0.2, 0) is 4.79 Å². The Hall–Kier alpha value is -2.24. The number of ether oxygens (including phenoxy) is 1. The average molecular weight is 376 g/mol. The average Bonchev–Trinajstić information content (AvgIpc) is 2.68. The normalized spacial score (nSPS) is 14.7. The Kier molecular flexibility index (Phi) is 8.43. The van der Waals surface area contributed by atoms with Crippen LogP contribution in [0.15, 0.2) is 24.3 Å². The molecular weight excluding hydrogens is 342 g/mol. The van der Waals surface area contributed by atoms with Gasteiger partial charge >= 0.3 is 6.03 Å². The molecule has 1 N–H and O–H groups in total. The van der Waals surface area contributed by atoms with E-state index < -0.39 is 0 Å². The summed E-state index contributed by atoms with van der Waals surface area (Å²) in [7, 11) is 0. The Labute approximate surface area is 162 Å². The molecule has 1 fully saturated rings. The van der Waals surface area contributed by atoms with Crippen LogP contribution in [0, 0.1) is 6.92 Å². The first kappa shape index (κ1) is 21.1. The number of carbonyl (C=O) groups is 2. The van der Waals surface area contributed by atoms with Crippen molar-refractivity contribution in [3.8, 4) is 5.75 Å². The minimum Gasteiger partial charge on any atom is -0.493 e. The summed E-state index contributed by atoms with van der Waals surface area (Å²) >= 11 is 0. The van der Waals surface area contributed by atoms with Gasteiger partial charge in [-0.2, -0.15) is 0 Å². The molecule has 1 aromatic carbocycles. The van der Waals surface area contributed by atoms with E-state index in [2.05, 4.69) is 5.32 Å². The zero-order chi connectivity index (χ0) is 19.6. The van der Waals surface area contributed by atoms with Crippen LogP contribution < -0.4 is 10.1 Å². The SMILES string of the molecule is CCN(CC)C(=O)NC1CCN(C(=O)CCCOc2ccccc2C)CC1. The van der Waals surface area contributed by atoms with E-state index in [0.29, 0.717) is 45.6 Å². The van der Waals surface area contributed by atoms with Crippen LogP contribution >= 0.6 is 0 Å². The first-order valence-corrected chi connectivity index (χ1v) is 10.1. The summed E-state index contributed by atoms with van der Waals surface area (Å²) in [4.78, 5) is 28.2. The van der Waals surface area contributed by atoms with Crippen LogP contribution in [0.25, 0.3) is 0 Å². The first-order chi connectivity index (χ1) is 13.0. The molecule has 27 heavy (non-hydrogen) atoms. The molecular formula is C21H33N3O3. The van der Waals surface area contributed by atoms with Crippen molar-refractivity contribution in [1.29, 1.82) is 0 Å². The molecule has 0 saturated carbocycles. The van der Waals surface area contributed by atoms with Crippen molar-refractivity contribution in [3.05, 3.63) is 29.8 Å². The predicted octanol–water partition coefficient (Wildman–Crippen LogP) is 3.20. The fourth-order valence-corrected chi connectivity index (χ4v) is 3.33. The number of amides is 3. The van der Waals surface area contributed by atoms with Crippen molar-refractivity contribution in [2.45, 2.75) is 52.5 Å². The predicted molar refractivity (Wildman–Crippen MR) is 107 cm³/mol. The number of nitrogens with one attached hydrogen (secondary N) is 1. The minimum atomic E-state index is -0.00173. The summed E-state index contributed by atoms with van der Waals surface area (Å²) in [5.41, 5.74) is 1.11. The Balaban J connectivity index is 1.64. The van der Waals surface area contributed by atoms with E-state index in [1.54, 1.807) is 4.90 Å². The number of piperidine rings is 1. The first-order valence-electron chi connectivity index (χ1n) is 10.1. The maximum absolute atomic E-state index is 12.4. The van der Waals surface area contributed by atoms with Crippen LogP contribution in [-0.4, -0.2) is 60.6 Å². The number of likely N-dealkylation sites (tertiary alicyclic amines) is 1. The van der Waals surface area contributed by atoms with E-state index in [1.807, 2.05) is 49.9 Å². The van der Waals surface area contributed by atoms with Gasteiger partial charge in [0, 0.05) is 38.6 Å². The van der Waals surface area contributed by atoms with Crippen molar-refractivity contribution in [1.82, 2.24) is 15.1 Å². The Bertz CT molecular complexity index is 608. The zero-order valence-corrected chi connectivity index (χ0v) is 16.9. The number of rotatable bonds is 8. The van der Waals surface area contributed by atoms with Gasteiger partial charge in [0.25, 0.3) is 0 Å². The lowest BCUT2D eigenvalue weighted by Crippen LogP contribution is -2.50. The van der Waals surface area contributed by atoms with Gasteiger partial charge in [-0.15, -0.1) is 0 Å². The van der Waals surface area contributed by atoms with E-state index in [9.17, 15) is 9.59 Å². The van der Waals surface area contributed by atoms with E-state index in [4.69, 9.17) is 4.74 Å². The van der Waals surface area contributed by atoms with E-state index in [1.165, 1.54) is 0 Å². The van der Waals surface area contributed by atoms with Crippen molar-refractivity contribution in [2.24, 2.45) is 0 Å². The summed E-state index contributed by atoms with van der Waals surface area (Å²) in [6.07, 6.45) is 2.85. The summed E-state index contributed by atoms with van der Waals surface area (Å²) in [6, 6.07) is 8.07. The molecule has 0 aliphatic carbocycles. The third-order valence-electron chi connectivity index (χ3n) is 5.11. The van der Waals surface area contributed by atoms with E-state index >= 15 is 0 Å². The number of para-hydroxylation sites is 1. The van der Waals surface area contributed by atoms with E-state index in [0.717, 1.165) is 24.2 Å². The lowest BCUT2D eigenvalue weighted by atomic mass is 10.0. The molecule has 6 heteroatoms. The lowest BCUT2D eigenvalue weighted by Gasteiger charge is -2.33. The highest BCUT2D eigenvalue weighted by Crippen LogP contribution is 2.17. The second kappa shape index (κ2) is 10.8. The maximum Gasteiger partial charge on any atom is 0.317 e. The Morgan fingerprint density at radius 1 is 1.19 bits per heavy atom. The van der Waals surface area contributed by atoms with Crippen molar-refractivity contribution < 1.29 is 14.3 Å². The standard InChI is InChI=1S/C21H33N3O3/c1-4-23(5-2)21(26)22-18-12-14-24(15-13-18)20(25)11-8-16-27-19-10-7-6-9-17(19)3/h6-7,9-10,18H,4-5,8,11-16H2,1-3H3,(H,22,26). The van der Waals surface area contributed by atoms with Gasteiger partial charge in [0.05, 0.1) is 6.61 Å². The molecule has 0 aromatic heterocycles. The number of hydrogen-bond acceptors (Lipinski definition) is 3. The second-order valence-electron chi connectivity index (χ2n) is 6.99. The third-order valence-corrected chi connectivity index (χ3v) is 5.11. The van der Waals surface area contributed by atoms with Gasteiger partial charge in [-0.3, -0.25) is 4.79 Å². The molecule has 1 saturated heterocycles. The van der Waals surface area contributed by atoms with Crippen LogP contribution in [0.5, 0.6) is 5.75 Å². The van der Waals surface area contributed by atoms with Gasteiger partial charge in [0.2, 0.25) is 5.91 Å². The molecule has 6 nitrogen and oxygen atoms in total. The van der Waals surface area contributed by atoms with E-state index in [-0.39, 0.29) is 18.0 Å². The van der Waals surface area contributed by atoms with Crippen LogP contribution in [0.1, 0.15) is 45.1 Å². The molecule has 150 valence electrons. The molecule has 0 bridgehead atoms. The van der Waals surface area contributed by atoms with Gasteiger partial charge in [0.1, 0.15) is 5.75 Å². The summed E-state index contributed by atoms with van der Waals surface area (Å²) in [5, 5.41) is 3.09. The van der Waals surface area contributed by atoms with Crippen LogP contribution in [0.3, 0.4) is 0 Å². The zero-order valence-electron chi connectivity index (χ0n) is 16.9. The van der Waals surface area contributed by atoms with Gasteiger partial charge < -0.3 is 19.9 Å². The topological polar surface area (TPSA) is 61.9 Å². The van der Waals surface area contributed by atoms with Crippen LogP contribution in [0.4, 0.5) is 4.79 Å². The highest BCUT2D eigenvalue weighted by Gasteiger charge is 2.24. The largest absolute Gasteiger partial charge is 0.493 e. The van der Waals surface area contributed by atoms with Crippen molar-refractivity contribution >= 4 is 11.9 Å².